The van der Waals surface area contributed by atoms with Crippen molar-refractivity contribution in [2.24, 2.45) is 0 Å². The SMILES string of the molecule is CC(C)(C)c1cc(-c2ccccc2)cc([N@+]23[CH-][N+]2(c2cc(Oc4ccc5c6ccccc6n(-c6cc(C(C)(C)C)ccn6)c5c4)cc(-n4c5ccccc5c5ccccc54)c2)c2ccccc23)c1. The average Bonchev–Trinajstić information content (AvgIpc) is 3.63. The van der Waals surface area contributed by atoms with Gasteiger partial charge in [0.1, 0.15) is 17.3 Å². The third-order valence-corrected chi connectivity index (χ3v) is 14.5. The molecule has 0 N–H and O–H groups in total. The fraction of sp³-hybridized carbons (Fsp3) is 0.129. The van der Waals surface area contributed by atoms with E-state index in [9.17, 15) is 0 Å². The van der Waals surface area contributed by atoms with Crippen molar-refractivity contribution in [3.63, 3.8) is 0 Å². The van der Waals surface area contributed by atoms with Gasteiger partial charge in [-0.15, -0.1) is 0 Å². The van der Waals surface area contributed by atoms with Crippen molar-refractivity contribution >= 4 is 66.4 Å². The van der Waals surface area contributed by atoms with Crippen LogP contribution in [0.15, 0.2) is 200 Å². The molecule has 0 aliphatic carbocycles. The highest BCUT2D eigenvalue weighted by molar-refractivity contribution is 6.10. The smallest absolute Gasteiger partial charge is 0.225 e. The highest BCUT2D eigenvalue weighted by Gasteiger charge is 2.78. The Morgan fingerprint density at radius 3 is 1.62 bits per heavy atom. The molecule has 6 nitrogen and oxygen atoms in total. The van der Waals surface area contributed by atoms with Gasteiger partial charge in [-0.1, -0.05) is 145 Å². The van der Waals surface area contributed by atoms with Crippen molar-refractivity contribution in [1.82, 2.24) is 23.3 Å². The lowest BCUT2D eigenvalue weighted by atomic mass is 9.84. The van der Waals surface area contributed by atoms with Crippen LogP contribution in [0.1, 0.15) is 52.7 Å². The Hall–Kier alpha value is -7.77. The Kier molecular flexibility index (Phi) is 8.56. The van der Waals surface area contributed by atoms with Gasteiger partial charge >= 0.3 is 0 Å². The zero-order valence-electron chi connectivity index (χ0n) is 39.3. The Bertz CT molecular complexity index is 3790. The Morgan fingerprint density at radius 2 is 0.985 bits per heavy atom. The number of hydrogen-bond donors (Lipinski definition) is 0. The molecule has 11 aromatic rings. The summed E-state index contributed by atoms with van der Waals surface area (Å²) in [5.74, 6) is 2.41. The number of nitrogens with zero attached hydrogens (tertiary/aromatic N) is 5. The van der Waals surface area contributed by atoms with E-state index in [2.05, 4.69) is 251 Å². The number of quaternary nitrogens is 2. The van der Waals surface area contributed by atoms with Crippen LogP contribution in [0.5, 0.6) is 11.5 Å². The normalized spacial score (nSPS) is 17.6. The van der Waals surface area contributed by atoms with Gasteiger partial charge in [0.15, 0.2) is 18.0 Å². The number of benzene rings is 8. The maximum Gasteiger partial charge on any atom is 0.225 e. The molecule has 2 aliphatic heterocycles. The van der Waals surface area contributed by atoms with Gasteiger partial charge in [-0.3, -0.25) is 4.57 Å². The maximum absolute atomic E-state index is 7.23. The summed E-state index contributed by atoms with van der Waals surface area (Å²) in [5, 5.41) is 4.77. The van der Waals surface area contributed by atoms with Gasteiger partial charge < -0.3 is 9.30 Å². The summed E-state index contributed by atoms with van der Waals surface area (Å²) < 4.78 is 13.0. The number of aromatic nitrogens is 3. The number of pyridine rings is 1. The third kappa shape index (κ3) is 5.87. The first kappa shape index (κ1) is 40.5. The lowest BCUT2D eigenvalue weighted by Crippen LogP contribution is -2.46. The van der Waals surface area contributed by atoms with Crippen molar-refractivity contribution in [1.29, 1.82) is 0 Å². The highest BCUT2D eigenvalue weighted by atomic mass is 16.5. The molecule has 330 valence electrons. The minimum Gasteiger partial charge on any atom is -0.457 e. The zero-order valence-corrected chi connectivity index (χ0v) is 39.3. The van der Waals surface area contributed by atoms with Crippen LogP contribution >= 0.6 is 0 Å². The first-order chi connectivity index (χ1) is 32.9. The number of para-hydroxylation sites is 5. The molecule has 0 bridgehead atoms. The minimum atomic E-state index is -0.0658. The number of fused-ring (bicyclic) bond motifs is 10. The predicted molar refractivity (Wildman–Crippen MR) is 282 cm³/mol. The maximum atomic E-state index is 7.23. The lowest BCUT2D eigenvalue weighted by Gasteiger charge is -2.40. The first-order valence-corrected chi connectivity index (χ1v) is 23.7. The first-order valence-electron chi connectivity index (χ1n) is 23.7. The molecule has 0 spiro atoms. The van der Waals surface area contributed by atoms with Crippen LogP contribution in [0.2, 0.25) is 0 Å². The highest BCUT2D eigenvalue weighted by Crippen LogP contribution is 2.75. The van der Waals surface area contributed by atoms with Gasteiger partial charge in [-0.05, 0) is 75.5 Å². The summed E-state index contributed by atoms with van der Waals surface area (Å²) in [6.45, 7) is 16.2. The summed E-state index contributed by atoms with van der Waals surface area (Å²) in [7, 11) is 0. The van der Waals surface area contributed by atoms with Gasteiger partial charge in [0.2, 0.25) is 11.4 Å². The van der Waals surface area contributed by atoms with Gasteiger partial charge in [-0.25, -0.2) is 4.98 Å². The standard InChI is InChI=1S/C62H52N5O/c1-61(2,3)43-30-31-63-60(35-43)65-56-25-15-12-22-52(56)53-29-28-48(39-57(53)65)68-49-37-45(64-54-23-13-10-20-50(54)51-21-11-14-24-55(51)64)36-47(38-49)67-40-66(67,58-26-16-17-27-59(58)67)46-33-42(41-18-8-7-9-19-41)32-44(34-46)62(4,5)6/h7-40H,1-6H3/q+1/t66-,67?/m0/s1. The summed E-state index contributed by atoms with van der Waals surface area (Å²) in [6.07, 6.45) is 1.93. The van der Waals surface area contributed by atoms with Crippen LogP contribution < -0.4 is 13.9 Å². The molecule has 1 fully saturated rings. The van der Waals surface area contributed by atoms with Gasteiger partial charge in [0, 0.05) is 76.3 Å². The molecule has 8 aromatic carbocycles. The Balaban J connectivity index is 1.02. The summed E-state index contributed by atoms with van der Waals surface area (Å²) in [5.41, 5.74) is 15.3. The second kappa shape index (κ2) is 14.4. The van der Waals surface area contributed by atoms with Crippen LogP contribution in [0.4, 0.5) is 22.7 Å². The zero-order chi connectivity index (χ0) is 46.2. The van der Waals surface area contributed by atoms with Crippen LogP contribution in [0.25, 0.3) is 66.2 Å². The van der Waals surface area contributed by atoms with Gasteiger partial charge in [0.05, 0.1) is 27.8 Å². The Morgan fingerprint density at radius 1 is 0.426 bits per heavy atom. The molecule has 13 rings (SSSR count). The minimum absolute atomic E-state index is 0.0301. The van der Waals surface area contributed by atoms with Gasteiger partial charge in [-0.2, -0.15) is 9.18 Å². The van der Waals surface area contributed by atoms with E-state index in [1.165, 1.54) is 55.5 Å². The van der Waals surface area contributed by atoms with E-state index in [0.29, 0.717) is 9.18 Å². The summed E-state index contributed by atoms with van der Waals surface area (Å²) >= 11 is 0. The van der Waals surface area contributed by atoms with Gasteiger partial charge in [0.25, 0.3) is 0 Å². The van der Waals surface area contributed by atoms with E-state index in [-0.39, 0.29) is 10.8 Å². The molecule has 2 atom stereocenters. The van der Waals surface area contributed by atoms with Crippen molar-refractivity contribution in [3.05, 3.63) is 218 Å². The molecular formula is C62H52N5O+. The van der Waals surface area contributed by atoms with Crippen LogP contribution in [-0.4, -0.2) is 14.1 Å². The largest absolute Gasteiger partial charge is 0.457 e. The molecule has 6 heteroatoms. The second-order valence-electron chi connectivity index (χ2n) is 20.7. The van der Waals surface area contributed by atoms with E-state index < -0.39 is 0 Å². The topological polar surface area (TPSA) is 32.0 Å². The number of rotatable bonds is 7. The van der Waals surface area contributed by atoms with E-state index in [1.807, 2.05) is 6.20 Å². The van der Waals surface area contributed by atoms with Crippen molar-refractivity contribution in [3.8, 4) is 34.1 Å². The van der Waals surface area contributed by atoms with Crippen LogP contribution in [0, 0.1) is 6.67 Å². The van der Waals surface area contributed by atoms with E-state index in [1.54, 1.807) is 0 Å². The molecule has 0 amide bonds. The third-order valence-electron chi connectivity index (χ3n) is 14.5. The van der Waals surface area contributed by atoms with Crippen molar-refractivity contribution in [2.45, 2.75) is 52.4 Å². The average molecular weight is 883 g/mol. The lowest BCUT2D eigenvalue weighted by molar-refractivity contribution is 0.423. The molecule has 1 unspecified atom stereocenters. The number of ether oxygens (including phenoxy) is 1. The molecule has 0 radical (unpaired) electrons. The van der Waals surface area contributed by atoms with E-state index >= 15 is 0 Å². The fourth-order valence-corrected chi connectivity index (χ4v) is 11.1. The fourth-order valence-electron chi connectivity index (χ4n) is 11.1. The van der Waals surface area contributed by atoms with Crippen LogP contribution in [-0.2, 0) is 10.8 Å². The van der Waals surface area contributed by atoms with E-state index in [0.717, 1.165) is 56.1 Å². The Labute approximate surface area is 397 Å². The van der Waals surface area contributed by atoms with E-state index in [4.69, 9.17) is 9.72 Å². The quantitative estimate of drug-likeness (QED) is 0.0907. The molecular weight excluding hydrogens is 831 g/mol. The molecule has 5 heterocycles. The number of hydrogen-bond acceptors (Lipinski definition) is 2. The van der Waals surface area contributed by atoms with Crippen molar-refractivity contribution in [2.75, 3.05) is 0 Å². The second-order valence-corrected chi connectivity index (χ2v) is 20.7. The summed E-state index contributed by atoms with van der Waals surface area (Å²) in [4.78, 5) is 4.96. The van der Waals surface area contributed by atoms with Crippen LogP contribution in [0.3, 0.4) is 0 Å². The predicted octanol–water partition coefficient (Wildman–Crippen LogP) is 16.7. The monoisotopic (exact) mass is 882 g/mol. The van der Waals surface area contributed by atoms with Crippen molar-refractivity contribution < 1.29 is 4.74 Å². The molecule has 2 aliphatic rings. The molecule has 3 aromatic heterocycles. The molecule has 0 saturated carbocycles. The molecule has 1 saturated heterocycles. The molecule has 68 heavy (non-hydrogen) atoms. The summed E-state index contributed by atoms with van der Waals surface area (Å²) in [6, 6.07) is 70.8.